The van der Waals surface area contributed by atoms with Gasteiger partial charge in [0.25, 0.3) is 0 Å². The highest BCUT2D eigenvalue weighted by molar-refractivity contribution is 8.00. The number of hydrogen-bond donors (Lipinski definition) is 1. The average Bonchev–Trinajstić information content (AvgIpc) is 2.53. The normalized spacial score (nSPS) is 17.3. The maximum Gasteiger partial charge on any atom is 0.236 e. The van der Waals surface area contributed by atoms with Crippen LogP contribution in [0, 0.1) is 5.92 Å². The van der Waals surface area contributed by atoms with E-state index in [0.29, 0.717) is 31.0 Å². The van der Waals surface area contributed by atoms with Crippen LogP contribution in [0.15, 0.2) is 29.2 Å². The largest absolute Gasteiger partial charge is 0.369 e. The maximum atomic E-state index is 12.6. The summed E-state index contributed by atoms with van der Waals surface area (Å²) in [6.07, 6.45) is 2.11. The summed E-state index contributed by atoms with van der Waals surface area (Å²) in [6, 6.07) is 7.53. The van der Waals surface area contributed by atoms with E-state index in [0.717, 1.165) is 11.3 Å². The Morgan fingerprint density at radius 1 is 1.32 bits per heavy atom. The molecule has 1 atom stereocenters. The molecular formula is C16H21ClN2O2S. The quantitative estimate of drug-likeness (QED) is 0.838. The number of piperidine rings is 1. The Kier molecular flexibility index (Phi) is 6.15. The summed E-state index contributed by atoms with van der Waals surface area (Å²) in [4.78, 5) is 26.7. The van der Waals surface area contributed by atoms with Crippen molar-refractivity contribution < 1.29 is 9.59 Å². The number of thioether (sulfide) groups is 1. The van der Waals surface area contributed by atoms with Gasteiger partial charge < -0.3 is 10.6 Å². The van der Waals surface area contributed by atoms with Gasteiger partial charge in [0.05, 0.1) is 5.25 Å². The van der Waals surface area contributed by atoms with Crippen LogP contribution in [-0.2, 0) is 9.59 Å². The molecule has 1 heterocycles. The predicted molar refractivity (Wildman–Crippen MR) is 89.9 cm³/mol. The molecule has 1 fully saturated rings. The van der Waals surface area contributed by atoms with Gasteiger partial charge >= 0.3 is 0 Å². The minimum atomic E-state index is -0.255. The molecule has 0 saturated carbocycles. The molecule has 1 saturated heterocycles. The zero-order chi connectivity index (χ0) is 16.1. The molecule has 0 aromatic heterocycles. The van der Waals surface area contributed by atoms with Crippen molar-refractivity contribution in [3.05, 3.63) is 29.3 Å². The van der Waals surface area contributed by atoms with Crippen LogP contribution in [-0.4, -0.2) is 35.1 Å². The van der Waals surface area contributed by atoms with Crippen molar-refractivity contribution in [1.82, 2.24) is 4.90 Å². The highest BCUT2D eigenvalue weighted by atomic mass is 35.5. The van der Waals surface area contributed by atoms with Gasteiger partial charge in [-0.25, -0.2) is 0 Å². The van der Waals surface area contributed by atoms with Crippen LogP contribution in [0.25, 0.3) is 0 Å². The summed E-state index contributed by atoms with van der Waals surface area (Å²) < 4.78 is 0. The Morgan fingerprint density at radius 3 is 2.41 bits per heavy atom. The van der Waals surface area contributed by atoms with Crippen molar-refractivity contribution in [2.75, 3.05) is 13.1 Å². The van der Waals surface area contributed by atoms with Crippen molar-refractivity contribution in [2.45, 2.75) is 36.3 Å². The van der Waals surface area contributed by atoms with Gasteiger partial charge in [0, 0.05) is 28.9 Å². The predicted octanol–water partition coefficient (Wildman–Crippen LogP) is 2.93. The third-order valence-electron chi connectivity index (χ3n) is 3.95. The molecule has 4 nitrogen and oxygen atoms in total. The van der Waals surface area contributed by atoms with Crippen LogP contribution in [0.3, 0.4) is 0 Å². The fourth-order valence-corrected chi connectivity index (χ4v) is 3.74. The zero-order valence-corrected chi connectivity index (χ0v) is 14.2. The van der Waals surface area contributed by atoms with Gasteiger partial charge in [0.15, 0.2) is 0 Å². The first-order chi connectivity index (χ1) is 10.5. The van der Waals surface area contributed by atoms with Crippen LogP contribution in [0.2, 0.25) is 5.02 Å². The SMILES string of the molecule is CC[C@@H](Sc1ccc(Cl)cc1)C(=O)N1CCC(C(N)=O)CC1. The molecular weight excluding hydrogens is 320 g/mol. The lowest BCUT2D eigenvalue weighted by atomic mass is 9.96. The Bertz CT molecular complexity index is 527. The van der Waals surface area contributed by atoms with Gasteiger partial charge in [0.1, 0.15) is 0 Å². The van der Waals surface area contributed by atoms with Crippen molar-refractivity contribution in [2.24, 2.45) is 11.7 Å². The lowest BCUT2D eigenvalue weighted by Crippen LogP contribution is -2.44. The number of rotatable bonds is 5. The molecule has 2 N–H and O–H groups in total. The Labute approximate surface area is 140 Å². The molecule has 0 unspecified atom stereocenters. The summed E-state index contributed by atoms with van der Waals surface area (Å²) in [6.45, 7) is 3.25. The van der Waals surface area contributed by atoms with Crippen molar-refractivity contribution in [1.29, 1.82) is 0 Å². The van der Waals surface area contributed by atoms with E-state index in [-0.39, 0.29) is 23.0 Å². The van der Waals surface area contributed by atoms with Crippen LogP contribution in [0.5, 0.6) is 0 Å². The van der Waals surface area contributed by atoms with E-state index in [2.05, 4.69) is 0 Å². The molecule has 1 aromatic carbocycles. The third-order valence-corrected chi connectivity index (χ3v) is 5.56. The number of nitrogens with zero attached hydrogens (tertiary/aromatic N) is 1. The van der Waals surface area contributed by atoms with E-state index in [1.165, 1.54) is 0 Å². The second-order valence-electron chi connectivity index (χ2n) is 5.47. The van der Waals surface area contributed by atoms with Crippen molar-refractivity contribution in [3.8, 4) is 0 Å². The summed E-state index contributed by atoms with van der Waals surface area (Å²) in [5, 5.41) is 0.587. The average molecular weight is 341 g/mol. The van der Waals surface area contributed by atoms with E-state index in [1.807, 2.05) is 36.1 Å². The summed E-state index contributed by atoms with van der Waals surface area (Å²) in [5.41, 5.74) is 5.33. The first kappa shape index (κ1) is 17.2. The first-order valence-corrected chi connectivity index (χ1v) is 8.77. The van der Waals surface area contributed by atoms with Crippen molar-refractivity contribution >= 4 is 35.2 Å². The van der Waals surface area contributed by atoms with Gasteiger partial charge in [-0.05, 0) is 43.5 Å². The van der Waals surface area contributed by atoms with E-state index >= 15 is 0 Å². The lowest BCUT2D eigenvalue weighted by Gasteiger charge is -2.32. The number of likely N-dealkylation sites (tertiary alicyclic amines) is 1. The summed E-state index contributed by atoms with van der Waals surface area (Å²) in [7, 11) is 0. The van der Waals surface area contributed by atoms with Crippen molar-refractivity contribution in [3.63, 3.8) is 0 Å². The van der Waals surface area contributed by atoms with E-state index < -0.39 is 0 Å². The number of carbonyl (C=O) groups is 2. The van der Waals surface area contributed by atoms with E-state index in [9.17, 15) is 9.59 Å². The fraction of sp³-hybridized carbons (Fsp3) is 0.500. The molecule has 1 aromatic rings. The number of carbonyl (C=O) groups excluding carboxylic acids is 2. The van der Waals surface area contributed by atoms with Gasteiger partial charge in [-0.2, -0.15) is 0 Å². The minimum Gasteiger partial charge on any atom is -0.369 e. The van der Waals surface area contributed by atoms with Crippen LogP contribution >= 0.6 is 23.4 Å². The molecule has 120 valence electrons. The van der Waals surface area contributed by atoms with E-state index in [4.69, 9.17) is 17.3 Å². The number of primary amides is 1. The number of hydrogen-bond acceptors (Lipinski definition) is 3. The topological polar surface area (TPSA) is 63.4 Å². The lowest BCUT2D eigenvalue weighted by molar-refractivity contribution is -0.134. The highest BCUT2D eigenvalue weighted by Gasteiger charge is 2.29. The second-order valence-corrected chi connectivity index (χ2v) is 7.18. The second kappa shape index (κ2) is 7.88. The van der Waals surface area contributed by atoms with Gasteiger partial charge in [-0.3, -0.25) is 9.59 Å². The highest BCUT2D eigenvalue weighted by Crippen LogP contribution is 2.29. The summed E-state index contributed by atoms with van der Waals surface area (Å²) >= 11 is 7.45. The number of benzene rings is 1. The Hall–Kier alpha value is -1.20. The van der Waals surface area contributed by atoms with Crippen LogP contribution in [0.1, 0.15) is 26.2 Å². The van der Waals surface area contributed by atoms with Crippen LogP contribution in [0.4, 0.5) is 0 Å². The standard InChI is InChI=1S/C16H21ClN2O2S/c1-2-14(22-13-5-3-12(17)4-6-13)16(21)19-9-7-11(8-10-19)15(18)20/h3-6,11,14H,2,7-10H2,1H3,(H2,18,20)/t14-/m1/s1. The number of nitrogens with two attached hydrogens (primary N) is 1. The van der Waals surface area contributed by atoms with Crippen LogP contribution < -0.4 is 5.73 Å². The molecule has 22 heavy (non-hydrogen) atoms. The maximum absolute atomic E-state index is 12.6. The molecule has 6 heteroatoms. The van der Waals surface area contributed by atoms with E-state index in [1.54, 1.807) is 11.8 Å². The van der Waals surface area contributed by atoms with Gasteiger partial charge in [0.2, 0.25) is 11.8 Å². The van der Waals surface area contributed by atoms with Gasteiger partial charge in [-0.1, -0.05) is 18.5 Å². The number of amides is 2. The minimum absolute atomic E-state index is 0.0898. The third kappa shape index (κ3) is 4.40. The zero-order valence-electron chi connectivity index (χ0n) is 12.6. The fourth-order valence-electron chi connectivity index (χ4n) is 2.57. The molecule has 0 spiro atoms. The monoisotopic (exact) mass is 340 g/mol. The molecule has 0 bridgehead atoms. The molecule has 0 radical (unpaired) electrons. The molecule has 2 amide bonds. The Morgan fingerprint density at radius 2 is 1.91 bits per heavy atom. The molecule has 1 aliphatic rings. The first-order valence-electron chi connectivity index (χ1n) is 7.51. The molecule has 2 rings (SSSR count). The molecule has 0 aliphatic carbocycles. The number of halogens is 1. The van der Waals surface area contributed by atoms with Gasteiger partial charge in [-0.15, -0.1) is 11.8 Å². The molecule has 1 aliphatic heterocycles. The Balaban J connectivity index is 1.94. The summed E-state index contributed by atoms with van der Waals surface area (Å²) in [5.74, 6) is -0.201. The smallest absolute Gasteiger partial charge is 0.236 e.